The largest absolute Gasteiger partial charge is 0.478 e. The third-order valence-corrected chi connectivity index (χ3v) is 4.08. The quantitative estimate of drug-likeness (QED) is 0.770. The number of pyridine rings is 2. The summed E-state index contributed by atoms with van der Waals surface area (Å²) in [6.45, 7) is 6.76. The molecule has 3 rings (SSSR count). The van der Waals surface area contributed by atoms with Crippen molar-refractivity contribution in [3.63, 3.8) is 0 Å². The molecule has 0 aliphatic heterocycles. The number of rotatable bonds is 5. The Balaban J connectivity index is 2.23. The predicted molar refractivity (Wildman–Crippen MR) is 93.9 cm³/mol. The van der Waals surface area contributed by atoms with Crippen molar-refractivity contribution in [2.75, 3.05) is 0 Å². The Bertz CT molecular complexity index is 1000. The Morgan fingerprint density at radius 3 is 2.68 bits per heavy atom. The molecule has 0 fully saturated rings. The molecule has 0 saturated heterocycles. The topological polar surface area (TPSA) is 90.0 Å². The van der Waals surface area contributed by atoms with Crippen LogP contribution in [0.1, 0.15) is 35.5 Å². The second kappa shape index (κ2) is 6.51. The molecule has 7 heteroatoms. The average Bonchev–Trinajstić information content (AvgIpc) is 2.81. The van der Waals surface area contributed by atoms with E-state index in [2.05, 4.69) is 9.97 Å². The zero-order valence-corrected chi connectivity index (χ0v) is 14.4. The summed E-state index contributed by atoms with van der Waals surface area (Å²) in [5.41, 5.74) is 2.60. The molecule has 0 saturated carbocycles. The lowest BCUT2D eigenvalue weighted by Gasteiger charge is -2.06. The van der Waals surface area contributed by atoms with E-state index in [1.165, 1.54) is 12.3 Å². The fourth-order valence-electron chi connectivity index (χ4n) is 2.83. The SMILES string of the molecule is Cc1cccnc1Cn1c(=O)n(CC(C)C)c2ncc(C(=O)O)cc21. The highest BCUT2D eigenvalue weighted by atomic mass is 16.4. The van der Waals surface area contributed by atoms with E-state index >= 15 is 0 Å². The Kier molecular flexibility index (Phi) is 4.39. The van der Waals surface area contributed by atoms with Crippen LogP contribution in [0.4, 0.5) is 0 Å². The van der Waals surface area contributed by atoms with Crippen LogP contribution in [0.3, 0.4) is 0 Å². The number of carboxylic acid groups (broad SMARTS) is 1. The molecule has 0 radical (unpaired) electrons. The average molecular weight is 340 g/mol. The first kappa shape index (κ1) is 16.9. The zero-order chi connectivity index (χ0) is 18.1. The van der Waals surface area contributed by atoms with Crippen LogP contribution in [0, 0.1) is 12.8 Å². The van der Waals surface area contributed by atoms with Gasteiger partial charge in [0.05, 0.1) is 23.3 Å². The molecule has 0 atom stereocenters. The molecule has 0 spiro atoms. The number of hydrogen-bond acceptors (Lipinski definition) is 4. The van der Waals surface area contributed by atoms with E-state index in [1.807, 2.05) is 32.9 Å². The van der Waals surface area contributed by atoms with Crippen LogP contribution in [0.25, 0.3) is 11.2 Å². The van der Waals surface area contributed by atoms with Crippen molar-refractivity contribution in [2.45, 2.75) is 33.9 Å². The van der Waals surface area contributed by atoms with Gasteiger partial charge in [0.25, 0.3) is 0 Å². The molecule has 3 aromatic rings. The smallest absolute Gasteiger partial charge is 0.337 e. The Hall–Kier alpha value is -2.96. The lowest BCUT2D eigenvalue weighted by molar-refractivity contribution is 0.0696. The highest BCUT2D eigenvalue weighted by molar-refractivity contribution is 5.91. The molecular formula is C18H20N4O3. The fourth-order valence-corrected chi connectivity index (χ4v) is 2.83. The Morgan fingerprint density at radius 2 is 2.04 bits per heavy atom. The van der Waals surface area contributed by atoms with Crippen molar-refractivity contribution in [1.82, 2.24) is 19.1 Å². The van der Waals surface area contributed by atoms with E-state index in [0.717, 1.165) is 11.3 Å². The summed E-state index contributed by atoms with van der Waals surface area (Å²) in [5.74, 6) is -0.812. The van der Waals surface area contributed by atoms with Gasteiger partial charge in [-0.25, -0.2) is 14.6 Å². The molecule has 7 nitrogen and oxygen atoms in total. The van der Waals surface area contributed by atoms with Gasteiger partial charge in [-0.2, -0.15) is 0 Å². The second-order valence-electron chi connectivity index (χ2n) is 6.51. The van der Waals surface area contributed by atoms with Crippen molar-refractivity contribution in [3.05, 3.63) is 57.9 Å². The number of aryl methyl sites for hydroxylation is 1. The van der Waals surface area contributed by atoms with Crippen molar-refractivity contribution in [1.29, 1.82) is 0 Å². The van der Waals surface area contributed by atoms with Gasteiger partial charge in [0.2, 0.25) is 0 Å². The first-order valence-corrected chi connectivity index (χ1v) is 8.11. The summed E-state index contributed by atoms with van der Waals surface area (Å²) in [6, 6.07) is 5.27. The van der Waals surface area contributed by atoms with Gasteiger partial charge >= 0.3 is 11.7 Å². The number of carboxylic acids is 1. The van der Waals surface area contributed by atoms with Gasteiger partial charge in [-0.05, 0) is 30.5 Å². The van der Waals surface area contributed by atoms with Crippen molar-refractivity contribution in [2.24, 2.45) is 5.92 Å². The molecule has 0 aromatic carbocycles. The summed E-state index contributed by atoms with van der Waals surface area (Å²) in [4.78, 5) is 32.8. The zero-order valence-electron chi connectivity index (χ0n) is 14.4. The van der Waals surface area contributed by atoms with Gasteiger partial charge in [0.1, 0.15) is 0 Å². The molecule has 0 unspecified atom stereocenters. The predicted octanol–water partition coefficient (Wildman–Crippen LogP) is 2.30. The number of hydrogen-bond donors (Lipinski definition) is 1. The van der Waals surface area contributed by atoms with Crippen LogP contribution in [0.15, 0.2) is 35.4 Å². The minimum atomic E-state index is -1.07. The second-order valence-corrected chi connectivity index (χ2v) is 6.51. The molecule has 25 heavy (non-hydrogen) atoms. The number of carbonyl (C=O) groups is 1. The molecule has 130 valence electrons. The van der Waals surface area contributed by atoms with E-state index in [1.54, 1.807) is 15.3 Å². The highest BCUT2D eigenvalue weighted by Crippen LogP contribution is 2.16. The third kappa shape index (κ3) is 3.17. The normalized spacial score (nSPS) is 11.4. The van der Waals surface area contributed by atoms with Crippen LogP contribution >= 0.6 is 0 Å². The standard InChI is InChI=1S/C18H20N4O3/c1-11(2)9-22-16-15(7-13(8-20-16)17(23)24)21(18(22)25)10-14-12(3)5-4-6-19-14/h4-8,11H,9-10H2,1-3H3,(H,23,24). The van der Waals surface area contributed by atoms with E-state index in [-0.39, 0.29) is 23.7 Å². The highest BCUT2D eigenvalue weighted by Gasteiger charge is 2.18. The van der Waals surface area contributed by atoms with E-state index in [9.17, 15) is 14.7 Å². The molecule has 0 aliphatic carbocycles. The van der Waals surface area contributed by atoms with E-state index in [4.69, 9.17) is 0 Å². The maximum Gasteiger partial charge on any atom is 0.337 e. The lowest BCUT2D eigenvalue weighted by atomic mass is 10.2. The first-order valence-electron chi connectivity index (χ1n) is 8.11. The summed E-state index contributed by atoms with van der Waals surface area (Å²) in [5, 5.41) is 9.24. The summed E-state index contributed by atoms with van der Waals surface area (Å²) < 4.78 is 3.15. The molecule has 3 aromatic heterocycles. The van der Waals surface area contributed by atoms with Gasteiger partial charge in [0, 0.05) is 18.9 Å². The third-order valence-electron chi connectivity index (χ3n) is 4.08. The molecule has 0 amide bonds. The van der Waals surface area contributed by atoms with Crippen LogP contribution in [-0.4, -0.2) is 30.2 Å². The van der Waals surface area contributed by atoms with Gasteiger partial charge < -0.3 is 5.11 Å². The van der Waals surface area contributed by atoms with Gasteiger partial charge in [-0.1, -0.05) is 19.9 Å². The minimum absolute atomic E-state index is 0.0562. The molecular weight excluding hydrogens is 320 g/mol. The molecule has 1 N–H and O–H groups in total. The minimum Gasteiger partial charge on any atom is -0.478 e. The van der Waals surface area contributed by atoms with E-state index in [0.29, 0.717) is 17.7 Å². The van der Waals surface area contributed by atoms with Gasteiger partial charge in [-0.3, -0.25) is 14.1 Å². The summed E-state index contributed by atoms with van der Waals surface area (Å²) in [7, 11) is 0. The maximum atomic E-state index is 12.9. The molecule has 3 heterocycles. The van der Waals surface area contributed by atoms with Crippen LogP contribution in [0.5, 0.6) is 0 Å². The molecule has 0 aliphatic rings. The van der Waals surface area contributed by atoms with Gasteiger partial charge in [-0.15, -0.1) is 0 Å². The summed E-state index contributed by atoms with van der Waals surface area (Å²) in [6.07, 6.45) is 2.97. The van der Waals surface area contributed by atoms with Crippen molar-refractivity contribution in [3.8, 4) is 0 Å². The fraction of sp³-hybridized carbons (Fsp3) is 0.333. The summed E-state index contributed by atoms with van der Waals surface area (Å²) >= 11 is 0. The number of aromatic nitrogens is 4. The number of fused-ring (bicyclic) bond motifs is 1. The van der Waals surface area contributed by atoms with Crippen LogP contribution < -0.4 is 5.69 Å². The number of aromatic carboxylic acids is 1. The van der Waals surface area contributed by atoms with E-state index < -0.39 is 5.97 Å². The van der Waals surface area contributed by atoms with Gasteiger partial charge in [0.15, 0.2) is 5.65 Å². The Labute approximate surface area is 144 Å². The first-order chi connectivity index (χ1) is 11.9. The maximum absolute atomic E-state index is 12.9. The lowest BCUT2D eigenvalue weighted by Crippen LogP contribution is -2.26. The Morgan fingerprint density at radius 1 is 1.28 bits per heavy atom. The van der Waals surface area contributed by atoms with Crippen molar-refractivity contribution < 1.29 is 9.90 Å². The molecule has 0 bridgehead atoms. The van der Waals surface area contributed by atoms with Crippen LogP contribution in [-0.2, 0) is 13.1 Å². The number of nitrogens with zero attached hydrogens (tertiary/aromatic N) is 4. The van der Waals surface area contributed by atoms with Crippen molar-refractivity contribution >= 4 is 17.1 Å². The monoisotopic (exact) mass is 340 g/mol. The number of imidazole rings is 1. The van der Waals surface area contributed by atoms with Crippen LogP contribution in [0.2, 0.25) is 0 Å².